The third-order valence-corrected chi connectivity index (χ3v) is 3.13. The molecule has 2 saturated carbocycles. The number of allylic oxidation sites excluding steroid dienone is 3. The predicted molar refractivity (Wildman–Crippen MR) is 47.2 cm³/mol. The van der Waals surface area contributed by atoms with Gasteiger partial charge in [-0.25, -0.2) is 0 Å². The van der Waals surface area contributed by atoms with Crippen LogP contribution in [0.5, 0.6) is 0 Å². The number of rotatable bonds is 0. The maximum Gasteiger partial charge on any atom is -0.00840 e. The minimum atomic E-state index is 0.809. The first-order chi connectivity index (χ1) is 5.35. The van der Waals surface area contributed by atoms with Gasteiger partial charge in [-0.3, -0.25) is 0 Å². The molecule has 0 aliphatic heterocycles. The fraction of sp³-hybridized carbons (Fsp3) is 0.545. The van der Waals surface area contributed by atoms with E-state index in [4.69, 9.17) is 0 Å². The molecule has 2 fully saturated rings. The summed E-state index contributed by atoms with van der Waals surface area (Å²) < 4.78 is 0. The Kier molecular flexibility index (Phi) is 1.51. The summed E-state index contributed by atoms with van der Waals surface area (Å²) in [7, 11) is 0. The first-order valence-electron chi connectivity index (χ1n) is 4.39. The molecule has 2 aliphatic rings. The van der Waals surface area contributed by atoms with Crippen LogP contribution in [0.25, 0.3) is 0 Å². The maximum absolute atomic E-state index is 3.73. The summed E-state index contributed by atoms with van der Waals surface area (Å²) in [6.07, 6.45) is 6.20. The van der Waals surface area contributed by atoms with Crippen molar-refractivity contribution in [2.24, 2.45) is 11.8 Å². The molecule has 11 heavy (non-hydrogen) atoms. The van der Waals surface area contributed by atoms with Crippen molar-refractivity contribution in [3.8, 4) is 0 Å². The molecule has 0 spiro atoms. The molecule has 0 aromatic rings. The molecule has 0 radical (unpaired) electrons. The van der Waals surface area contributed by atoms with Crippen LogP contribution in [0.4, 0.5) is 0 Å². The normalized spacial score (nSPS) is 38.3. The Labute approximate surface area is 68.3 Å². The average Bonchev–Trinajstić information content (AvgIpc) is 2.60. The molecule has 2 atom stereocenters. The Bertz CT molecular complexity index is 251. The molecule has 0 nitrogen and oxygen atoms in total. The maximum atomic E-state index is 3.73. The van der Waals surface area contributed by atoms with Gasteiger partial charge in [-0.1, -0.05) is 18.2 Å². The average molecular weight is 146 g/mol. The van der Waals surface area contributed by atoms with Gasteiger partial charge in [0.05, 0.1) is 0 Å². The second kappa shape index (κ2) is 2.39. The van der Waals surface area contributed by atoms with E-state index in [1.54, 1.807) is 5.57 Å². The quantitative estimate of drug-likeness (QED) is 0.364. The molecule has 58 valence electrons. The van der Waals surface area contributed by atoms with Crippen molar-refractivity contribution in [3.05, 3.63) is 29.5 Å². The van der Waals surface area contributed by atoms with Crippen molar-refractivity contribution in [1.82, 2.24) is 0 Å². The summed E-state index contributed by atoms with van der Waals surface area (Å²) in [6, 6.07) is 0. The van der Waals surface area contributed by atoms with Crippen molar-refractivity contribution in [3.63, 3.8) is 0 Å². The number of hydrogen-bond acceptors (Lipinski definition) is 0. The molecule has 0 N–H and O–H groups in total. The zero-order chi connectivity index (χ0) is 7.84. The molecule has 2 unspecified atom stereocenters. The molecule has 0 heteroatoms. The zero-order valence-electron chi connectivity index (χ0n) is 7.06. The van der Waals surface area contributed by atoms with E-state index >= 15 is 0 Å². The SMILES string of the molecule is C=C=C1CC2CC1CC2=CC. The third kappa shape index (κ3) is 0.902. The topological polar surface area (TPSA) is 0 Å². The van der Waals surface area contributed by atoms with Crippen LogP contribution in [-0.2, 0) is 0 Å². The highest BCUT2D eigenvalue weighted by molar-refractivity contribution is 5.28. The largest absolute Gasteiger partial charge is 0.129 e. The van der Waals surface area contributed by atoms with E-state index in [-0.39, 0.29) is 0 Å². The van der Waals surface area contributed by atoms with Gasteiger partial charge in [-0.15, -0.1) is 5.73 Å². The Morgan fingerprint density at radius 1 is 1.45 bits per heavy atom. The molecule has 2 bridgehead atoms. The fourth-order valence-electron chi connectivity index (χ4n) is 2.51. The molecule has 2 rings (SSSR count). The lowest BCUT2D eigenvalue weighted by molar-refractivity contribution is 0.686. The standard InChI is InChI=1S/C11H14/c1-3-8-5-11-7-10(8)6-9(11)4-2/h4,10-11H,1,5-7H2,2H3. The summed E-state index contributed by atoms with van der Waals surface area (Å²) in [4.78, 5) is 0. The van der Waals surface area contributed by atoms with Crippen LogP contribution in [0.2, 0.25) is 0 Å². The minimum Gasteiger partial charge on any atom is -0.129 e. The zero-order valence-corrected chi connectivity index (χ0v) is 7.06. The van der Waals surface area contributed by atoms with Crippen LogP contribution in [0.15, 0.2) is 29.5 Å². The van der Waals surface area contributed by atoms with Gasteiger partial charge >= 0.3 is 0 Å². The second-order valence-electron chi connectivity index (χ2n) is 3.60. The van der Waals surface area contributed by atoms with Gasteiger partial charge in [-0.05, 0) is 43.6 Å². The van der Waals surface area contributed by atoms with Gasteiger partial charge in [0.25, 0.3) is 0 Å². The molecule has 0 saturated heterocycles. The van der Waals surface area contributed by atoms with Crippen LogP contribution in [0.3, 0.4) is 0 Å². The monoisotopic (exact) mass is 146 g/mol. The van der Waals surface area contributed by atoms with Crippen LogP contribution >= 0.6 is 0 Å². The van der Waals surface area contributed by atoms with Gasteiger partial charge in [0.15, 0.2) is 0 Å². The van der Waals surface area contributed by atoms with E-state index in [2.05, 4.69) is 25.3 Å². The van der Waals surface area contributed by atoms with E-state index in [0.717, 1.165) is 11.8 Å². The van der Waals surface area contributed by atoms with Crippen LogP contribution < -0.4 is 0 Å². The highest BCUT2D eigenvalue weighted by Gasteiger charge is 2.38. The molecular weight excluding hydrogens is 132 g/mol. The summed E-state index contributed by atoms with van der Waals surface area (Å²) >= 11 is 0. The highest BCUT2D eigenvalue weighted by Crippen LogP contribution is 2.50. The van der Waals surface area contributed by atoms with Gasteiger partial charge in [0, 0.05) is 0 Å². The number of hydrogen-bond donors (Lipinski definition) is 0. The molecule has 0 amide bonds. The lowest BCUT2D eigenvalue weighted by Gasteiger charge is -2.14. The van der Waals surface area contributed by atoms with Crippen LogP contribution in [-0.4, -0.2) is 0 Å². The second-order valence-corrected chi connectivity index (χ2v) is 3.60. The molecule has 0 heterocycles. The molecule has 2 aliphatic carbocycles. The van der Waals surface area contributed by atoms with Gasteiger partial charge in [-0.2, -0.15) is 0 Å². The van der Waals surface area contributed by atoms with Gasteiger partial charge in [0.1, 0.15) is 0 Å². The van der Waals surface area contributed by atoms with Crippen molar-refractivity contribution in [1.29, 1.82) is 0 Å². The van der Waals surface area contributed by atoms with Gasteiger partial charge < -0.3 is 0 Å². The number of fused-ring (bicyclic) bond motifs is 2. The predicted octanol–water partition coefficient (Wildman–Crippen LogP) is 3.07. The Balaban J connectivity index is 2.27. The fourth-order valence-corrected chi connectivity index (χ4v) is 2.51. The third-order valence-electron chi connectivity index (χ3n) is 3.13. The Morgan fingerprint density at radius 2 is 2.27 bits per heavy atom. The Hall–Kier alpha value is -0.740. The van der Waals surface area contributed by atoms with Crippen LogP contribution in [0, 0.1) is 11.8 Å². The minimum absolute atomic E-state index is 0.809. The van der Waals surface area contributed by atoms with Crippen molar-refractivity contribution in [2.75, 3.05) is 0 Å². The Morgan fingerprint density at radius 3 is 2.73 bits per heavy atom. The summed E-state index contributed by atoms with van der Waals surface area (Å²) in [5, 5.41) is 0. The smallest absolute Gasteiger partial charge is 0.00840 e. The van der Waals surface area contributed by atoms with E-state index in [1.807, 2.05) is 0 Å². The van der Waals surface area contributed by atoms with Crippen molar-refractivity contribution < 1.29 is 0 Å². The van der Waals surface area contributed by atoms with Crippen molar-refractivity contribution >= 4 is 0 Å². The van der Waals surface area contributed by atoms with E-state index in [1.165, 1.54) is 24.8 Å². The summed E-state index contributed by atoms with van der Waals surface area (Å²) in [5.74, 6) is 1.66. The highest BCUT2D eigenvalue weighted by atomic mass is 14.4. The lowest BCUT2D eigenvalue weighted by Crippen LogP contribution is -2.00. The van der Waals surface area contributed by atoms with E-state index in [0.29, 0.717) is 0 Å². The molecule has 0 aromatic heterocycles. The summed E-state index contributed by atoms with van der Waals surface area (Å²) in [5.41, 5.74) is 6.24. The molecular formula is C11H14. The van der Waals surface area contributed by atoms with E-state index in [9.17, 15) is 0 Å². The van der Waals surface area contributed by atoms with E-state index < -0.39 is 0 Å². The first-order valence-corrected chi connectivity index (χ1v) is 4.39. The van der Waals surface area contributed by atoms with Crippen LogP contribution in [0.1, 0.15) is 26.2 Å². The summed E-state index contributed by atoms with van der Waals surface area (Å²) in [6.45, 7) is 5.89. The van der Waals surface area contributed by atoms with Crippen molar-refractivity contribution in [2.45, 2.75) is 26.2 Å². The molecule has 0 aromatic carbocycles. The lowest BCUT2D eigenvalue weighted by atomic mass is 9.91. The first kappa shape index (κ1) is 6.94. The van der Waals surface area contributed by atoms with Gasteiger partial charge in [0.2, 0.25) is 0 Å².